The lowest BCUT2D eigenvalue weighted by Gasteiger charge is -2.40. The Bertz CT molecular complexity index is 259. The lowest BCUT2D eigenvalue weighted by Crippen LogP contribution is -2.44. The topological polar surface area (TPSA) is 29.5 Å². The molecule has 3 atom stereocenters. The van der Waals surface area contributed by atoms with Crippen molar-refractivity contribution in [3.63, 3.8) is 0 Å². The highest BCUT2D eigenvalue weighted by Gasteiger charge is 2.38. The fraction of sp³-hybridized carbons (Fsp3) is 0.692. The van der Waals surface area contributed by atoms with Gasteiger partial charge in [0.15, 0.2) is 0 Å². The van der Waals surface area contributed by atoms with Crippen LogP contribution >= 0.6 is 0 Å². The lowest BCUT2D eigenvalue weighted by molar-refractivity contribution is -0.123. The third kappa shape index (κ3) is 2.50. The molecule has 1 fully saturated rings. The number of allylic oxidation sites excluding steroid dienone is 1. The highest BCUT2D eigenvalue weighted by Crippen LogP contribution is 2.36. The molecule has 0 aromatic carbocycles. The van der Waals surface area contributed by atoms with Crippen LogP contribution in [-0.4, -0.2) is 22.9 Å². The Morgan fingerprint density at radius 1 is 1.47 bits per heavy atom. The summed E-state index contributed by atoms with van der Waals surface area (Å²) in [4.78, 5) is 0. The average Bonchev–Trinajstić information content (AvgIpc) is 2.43. The highest BCUT2D eigenvalue weighted by molar-refractivity contribution is 5.09. The van der Waals surface area contributed by atoms with E-state index in [2.05, 4.69) is 18.7 Å². The maximum atomic E-state index is 9.86. The van der Waals surface area contributed by atoms with Gasteiger partial charge < -0.3 is 9.84 Å². The Balaban J connectivity index is 2.13. The number of hydrogen-bond donors (Lipinski definition) is 1. The van der Waals surface area contributed by atoms with E-state index in [1.807, 2.05) is 6.08 Å². The molecule has 84 valence electrons. The van der Waals surface area contributed by atoms with Crippen LogP contribution in [0, 0.1) is 0 Å². The van der Waals surface area contributed by atoms with Gasteiger partial charge in [-0.3, -0.25) is 0 Å². The molecule has 1 aliphatic carbocycles. The fourth-order valence-corrected chi connectivity index (χ4v) is 2.63. The second-order valence-electron chi connectivity index (χ2n) is 4.70. The average molecular weight is 208 g/mol. The number of aliphatic hydroxyl groups is 1. The summed E-state index contributed by atoms with van der Waals surface area (Å²) < 4.78 is 6.05. The summed E-state index contributed by atoms with van der Waals surface area (Å²) in [7, 11) is 0. The van der Waals surface area contributed by atoms with Gasteiger partial charge >= 0.3 is 0 Å². The Morgan fingerprint density at radius 2 is 2.33 bits per heavy atom. The largest absolute Gasteiger partial charge is 0.393 e. The molecule has 0 saturated carbocycles. The summed E-state index contributed by atoms with van der Waals surface area (Å²) in [5.74, 6) is 0. The van der Waals surface area contributed by atoms with Crippen molar-refractivity contribution in [1.29, 1.82) is 0 Å². The van der Waals surface area contributed by atoms with Crippen LogP contribution in [0.4, 0.5) is 0 Å². The normalized spacial score (nSPS) is 41.4. The Morgan fingerprint density at radius 3 is 3.13 bits per heavy atom. The first-order chi connectivity index (χ1) is 7.24. The Labute approximate surface area is 91.6 Å². The third-order valence-electron chi connectivity index (χ3n) is 3.38. The van der Waals surface area contributed by atoms with E-state index in [0.717, 1.165) is 19.3 Å². The minimum atomic E-state index is -0.246. The smallest absolute Gasteiger partial charge is 0.0895 e. The minimum absolute atomic E-state index is 0.0106. The molecule has 1 spiro atoms. The van der Waals surface area contributed by atoms with Crippen molar-refractivity contribution >= 4 is 0 Å². The van der Waals surface area contributed by atoms with Gasteiger partial charge in [0.1, 0.15) is 0 Å². The molecule has 0 aromatic heterocycles. The van der Waals surface area contributed by atoms with Crippen molar-refractivity contribution in [2.45, 2.75) is 56.3 Å². The van der Waals surface area contributed by atoms with E-state index in [1.165, 1.54) is 12.8 Å². The fourth-order valence-electron chi connectivity index (χ4n) is 2.63. The maximum Gasteiger partial charge on any atom is 0.0895 e. The molecule has 1 aliphatic heterocycles. The molecular formula is C13H20O2. The van der Waals surface area contributed by atoms with Crippen LogP contribution in [0.1, 0.15) is 38.5 Å². The third-order valence-corrected chi connectivity index (χ3v) is 3.38. The first kappa shape index (κ1) is 10.9. The van der Waals surface area contributed by atoms with Gasteiger partial charge in [0.2, 0.25) is 0 Å². The van der Waals surface area contributed by atoms with Crippen molar-refractivity contribution in [3.8, 4) is 0 Å². The molecule has 1 heterocycles. The van der Waals surface area contributed by atoms with E-state index in [9.17, 15) is 5.11 Å². The number of rotatable bonds is 1. The quantitative estimate of drug-likeness (QED) is 0.671. The first-order valence-electron chi connectivity index (χ1n) is 5.90. The number of ether oxygens (including phenoxy) is 1. The van der Waals surface area contributed by atoms with E-state index in [1.54, 1.807) is 0 Å². The van der Waals surface area contributed by atoms with Gasteiger partial charge in [-0.15, -0.1) is 6.58 Å². The summed E-state index contributed by atoms with van der Waals surface area (Å²) in [6, 6.07) is 0. The first-order valence-corrected chi connectivity index (χ1v) is 5.90. The molecule has 0 unspecified atom stereocenters. The van der Waals surface area contributed by atoms with E-state index < -0.39 is 0 Å². The zero-order chi connectivity index (χ0) is 10.7. The molecule has 2 rings (SSSR count). The molecule has 0 radical (unpaired) electrons. The Hall–Kier alpha value is -0.600. The Kier molecular flexibility index (Phi) is 3.27. The molecule has 0 aromatic rings. The minimum Gasteiger partial charge on any atom is -0.393 e. The van der Waals surface area contributed by atoms with Crippen molar-refractivity contribution in [3.05, 3.63) is 24.8 Å². The molecule has 0 bridgehead atoms. The van der Waals surface area contributed by atoms with Crippen molar-refractivity contribution in [2.24, 2.45) is 0 Å². The molecule has 2 aliphatic rings. The van der Waals surface area contributed by atoms with E-state index in [4.69, 9.17) is 4.74 Å². The van der Waals surface area contributed by atoms with Crippen LogP contribution in [0.3, 0.4) is 0 Å². The van der Waals surface area contributed by atoms with Gasteiger partial charge in [0.05, 0.1) is 17.8 Å². The number of aliphatic hydroxyl groups excluding tert-OH is 1. The van der Waals surface area contributed by atoms with Crippen LogP contribution in [0.25, 0.3) is 0 Å². The SMILES string of the molecule is C=C[C@H]1C[C@@H](O)C[C@@]2(C=CCCCC2)O1. The van der Waals surface area contributed by atoms with Gasteiger partial charge in [-0.2, -0.15) is 0 Å². The van der Waals surface area contributed by atoms with Crippen LogP contribution in [0.5, 0.6) is 0 Å². The molecule has 15 heavy (non-hydrogen) atoms. The highest BCUT2D eigenvalue weighted by atomic mass is 16.5. The van der Waals surface area contributed by atoms with Crippen LogP contribution in [-0.2, 0) is 4.74 Å². The summed E-state index contributed by atoms with van der Waals surface area (Å²) in [5.41, 5.74) is -0.215. The van der Waals surface area contributed by atoms with Gasteiger partial charge in [0, 0.05) is 12.8 Å². The molecule has 2 nitrogen and oxygen atoms in total. The molecular weight excluding hydrogens is 188 g/mol. The zero-order valence-corrected chi connectivity index (χ0v) is 9.19. The second-order valence-corrected chi connectivity index (χ2v) is 4.70. The van der Waals surface area contributed by atoms with Gasteiger partial charge in [-0.25, -0.2) is 0 Å². The van der Waals surface area contributed by atoms with Crippen LogP contribution < -0.4 is 0 Å². The predicted octanol–water partition coefficient (Wildman–Crippen LogP) is 2.58. The molecule has 1 saturated heterocycles. The lowest BCUT2D eigenvalue weighted by atomic mass is 9.86. The molecule has 2 heteroatoms. The zero-order valence-electron chi connectivity index (χ0n) is 9.19. The van der Waals surface area contributed by atoms with Gasteiger partial charge in [-0.1, -0.05) is 18.2 Å². The summed E-state index contributed by atoms with van der Waals surface area (Å²) in [6.07, 6.45) is 12.0. The molecule has 1 N–H and O–H groups in total. The van der Waals surface area contributed by atoms with E-state index in [-0.39, 0.29) is 17.8 Å². The molecule has 0 amide bonds. The van der Waals surface area contributed by atoms with E-state index >= 15 is 0 Å². The number of hydrogen-bond acceptors (Lipinski definition) is 2. The summed E-state index contributed by atoms with van der Waals surface area (Å²) in [6.45, 7) is 3.76. The van der Waals surface area contributed by atoms with E-state index in [0.29, 0.717) is 6.42 Å². The van der Waals surface area contributed by atoms with Crippen molar-refractivity contribution in [2.75, 3.05) is 0 Å². The predicted molar refractivity (Wildman–Crippen MR) is 60.6 cm³/mol. The standard InChI is InChI=1S/C13H20O2/c1-2-12-9-11(14)10-13(15-12)7-5-3-4-6-8-13/h2,5,7,11-12,14H,1,3-4,6,8-10H2/t11-,12+,13+/m1/s1. The van der Waals surface area contributed by atoms with Crippen LogP contribution in [0.15, 0.2) is 24.8 Å². The van der Waals surface area contributed by atoms with Crippen molar-refractivity contribution < 1.29 is 9.84 Å². The van der Waals surface area contributed by atoms with Gasteiger partial charge in [-0.05, 0) is 25.7 Å². The maximum absolute atomic E-state index is 9.86. The second kappa shape index (κ2) is 4.50. The van der Waals surface area contributed by atoms with Crippen molar-refractivity contribution in [1.82, 2.24) is 0 Å². The monoisotopic (exact) mass is 208 g/mol. The summed E-state index contributed by atoms with van der Waals surface area (Å²) in [5, 5.41) is 9.86. The van der Waals surface area contributed by atoms with Crippen LogP contribution in [0.2, 0.25) is 0 Å². The van der Waals surface area contributed by atoms with Gasteiger partial charge in [0.25, 0.3) is 0 Å². The summed E-state index contributed by atoms with van der Waals surface area (Å²) >= 11 is 0.